The molecule has 0 nitrogen and oxygen atoms in total. The van der Waals surface area contributed by atoms with Crippen LogP contribution in [-0.4, -0.2) is 0 Å². The highest BCUT2D eigenvalue weighted by molar-refractivity contribution is 6.20. The maximum Gasteiger partial charge on any atom is 0.0159 e. The molecule has 0 aromatic heterocycles. The minimum absolute atomic E-state index is 0.0934. The van der Waals surface area contributed by atoms with Crippen LogP contribution < -0.4 is 0 Å². The maximum absolute atomic E-state index is 2.49. The Bertz CT molecular complexity index is 2750. The van der Waals surface area contributed by atoms with Crippen LogP contribution >= 0.6 is 0 Å². The van der Waals surface area contributed by atoms with Crippen LogP contribution in [0, 0.1) is 0 Å². The van der Waals surface area contributed by atoms with E-state index >= 15 is 0 Å². The number of rotatable bonds is 2. The number of fused-ring (bicyclic) bond motifs is 10. The van der Waals surface area contributed by atoms with Gasteiger partial charge in [0, 0.05) is 5.41 Å². The smallest absolute Gasteiger partial charge is 0.0159 e. The Balaban J connectivity index is 1.27. The summed E-state index contributed by atoms with van der Waals surface area (Å²) in [7, 11) is 0. The highest BCUT2D eigenvalue weighted by Crippen LogP contribution is 2.53. The summed E-state index contributed by atoms with van der Waals surface area (Å²) >= 11 is 0. The van der Waals surface area contributed by atoms with Crippen LogP contribution in [0.25, 0.3) is 87.2 Å². The van der Waals surface area contributed by atoms with E-state index in [9.17, 15) is 0 Å². The summed E-state index contributed by atoms with van der Waals surface area (Å²) in [5.41, 5.74) is 10.6. The normalized spacial score (nSPS) is 13.5. The molecule has 10 rings (SSSR count). The zero-order valence-corrected chi connectivity index (χ0v) is 26.5. The van der Waals surface area contributed by atoms with Crippen LogP contribution in [-0.2, 0) is 5.41 Å². The minimum Gasteiger partial charge on any atom is -0.0616 e. The second kappa shape index (κ2) is 9.64. The van der Waals surface area contributed by atoms with Crippen LogP contribution in [0.2, 0.25) is 0 Å². The third-order valence-corrected chi connectivity index (χ3v) is 10.8. The number of benzene rings is 9. The summed E-state index contributed by atoms with van der Waals surface area (Å²) in [5.74, 6) is 0. The van der Waals surface area contributed by atoms with Crippen LogP contribution in [0.5, 0.6) is 0 Å². The molecule has 0 heteroatoms. The largest absolute Gasteiger partial charge is 0.0616 e. The molecule has 0 amide bonds. The van der Waals surface area contributed by atoms with Gasteiger partial charge in [-0.25, -0.2) is 0 Å². The summed E-state index contributed by atoms with van der Waals surface area (Å²) < 4.78 is 0. The van der Waals surface area contributed by atoms with E-state index in [-0.39, 0.29) is 5.41 Å². The fraction of sp³-hybridized carbons (Fsp3) is 0.0638. The predicted octanol–water partition coefficient (Wildman–Crippen LogP) is 13.1. The molecule has 0 saturated heterocycles. The first-order valence-corrected chi connectivity index (χ1v) is 16.6. The molecule has 0 heterocycles. The van der Waals surface area contributed by atoms with Crippen LogP contribution in [0.4, 0.5) is 0 Å². The second-order valence-corrected chi connectivity index (χ2v) is 13.7. The topological polar surface area (TPSA) is 0 Å². The van der Waals surface area contributed by atoms with Gasteiger partial charge in [-0.05, 0) is 111 Å². The van der Waals surface area contributed by atoms with E-state index in [2.05, 4.69) is 172 Å². The van der Waals surface area contributed by atoms with Gasteiger partial charge in [0.1, 0.15) is 0 Å². The van der Waals surface area contributed by atoms with Gasteiger partial charge in [0.15, 0.2) is 0 Å². The maximum atomic E-state index is 2.49. The molecule has 0 saturated carbocycles. The lowest BCUT2D eigenvalue weighted by molar-refractivity contribution is 0.661. The first-order chi connectivity index (χ1) is 23.1. The van der Waals surface area contributed by atoms with E-state index in [1.807, 2.05) is 0 Å². The van der Waals surface area contributed by atoms with Crippen molar-refractivity contribution in [2.24, 2.45) is 0 Å². The molecule has 1 aliphatic carbocycles. The summed E-state index contributed by atoms with van der Waals surface area (Å²) in [6.07, 6.45) is 0. The fourth-order valence-corrected chi connectivity index (χ4v) is 8.59. The third-order valence-electron chi connectivity index (χ3n) is 10.8. The zero-order valence-electron chi connectivity index (χ0n) is 26.5. The van der Waals surface area contributed by atoms with Gasteiger partial charge in [-0.15, -0.1) is 0 Å². The molecule has 9 aromatic rings. The van der Waals surface area contributed by atoms with E-state index < -0.39 is 0 Å². The summed E-state index contributed by atoms with van der Waals surface area (Å²) in [5, 5.41) is 13.0. The van der Waals surface area contributed by atoms with Crippen molar-refractivity contribution < 1.29 is 0 Å². The third kappa shape index (κ3) is 3.70. The van der Waals surface area contributed by atoms with Crippen LogP contribution in [0.15, 0.2) is 158 Å². The lowest BCUT2D eigenvalue weighted by atomic mass is 9.81. The van der Waals surface area contributed by atoms with Gasteiger partial charge in [0.2, 0.25) is 0 Å². The highest BCUT2D eigenvalue weighted by atomic mass is 14.4. The standard InChI is InChI=1S/C47H32/c1-47(2)43-25-22-32(45-35-17-8-5-13-31(35)27-41-34-16-7-4-12-30(34)21-23-40(41)45)28-42(43)46-39-20-10-19-37(38(39)24-26-44(46)47)36-18-9-14-29-11-3-6-15-33(29)36/h3-28H,1-2H3. The van der Waals surface area contributed by atoms with Gasteiger partial charge in [-0.2, -0.15) is 0 Å². The van der Waals surface area contributed by atoms with Gasteiger partial charge in [-0.1, -0.05) is 159 Å². The Morgan fingerprint density at radius 1 is 0.319 bits per heavy atom. The molecule has 0 radical (unpaired) electrons. The van der Waals surface area contributed by atoms with E-state index in [4.69, 9.17) is 0 Å². The molecular weight excluding hydrogens is 565 g/mol. The van der Waals surface area contributed by atoms with Crippen molar-refractivity contribution in [3.63, 3.8) is 0 Å². The number of hydrogen-bond donors (Lipinski definition) is 0. The first kappa shape index (κ1) is 26.5. The van der Waals surface area contributed by atoms with E-state index in [0.717, 1.165) is 0 Å². The molecule has 0 bridgehead atoms. The molecule has 0 unspecified atom stereocenters. The molecule has 0 aliphatic heterocycles. The van der Waals surface area contributed by atoms with Crippen molar-refractivity contribution in [2.45, 2.75) is 19.3 Å². The molecule has 0 spiro atoms. The van der Waals surface area contributed by atoms with Gasteiger partial charge in [0.05, 0.1) is 0 Å². The lowest BCUT2D eigenvalue weighted by Gasteiger charge is -2.22. The predicted molar refractivity (Wildman–Crippen MR) is 202 cm³/mol. The van der Waals surface area contributed by atoms with E-state index in [0.29, 0.717) is 0 Å². The quantitative estimate of drug-likeness (QED) is 0.138. The van der Waals surface area contributed by atoms with Crippen molar-refractivity contribution in [3.05, 3.63) is 169 Å². The van der Waals surface area contributed by atoms with Gasteiger partial charge >= 0.3 is 0 Å². The SMILES string of the molecule is CC1(C)c2ccc(-c3c4ccccc4cc4c3ccc3ccccc34)cc2-c2c1ccc1c(-c3cccc4ccccc34)cccc21. The van der Waals surface area contributed by atoms with Crippen molar-refractivity contribution in [1.82, 2.24) is 0 Å². The minimum atomic E-state index is -0.0934. The lowest BCUT2D eigenvalue weighted by Crippen LogP contribution is -2.14. The van der Waals surface area contributed by atoms with Gasteiger partial charge < -0.3 is 0 Å². The Labute approximate surface area is 274 Å². The average molecular weight is 597 g/mol. The Kier molecular flexibility index (Phi) is 5.44. The monoisotopic (exact) mass is 596 g/mol. The highest BCUT2D eigenvalue weighted by Gasteiger charge is 2.37. The molecule has 0 fully saturated rings. The number of hydrogen-bond acceptors (Lipinski definition) is 0. The molecular formula is C47H32. The van der Waals surface area contributed by atoms with Crippen LogP contribution in [0.1, 0.15) is 25.0 Å². The fourth-order valence-electron chi connectivity index (χ4n) is 8.59. The Morgan fingerprint density at radius 3 is 1.72 bits per heavy atom. The molecule has 220 valence electrons. The molecule has 0 atom stereocenters. The summed E-state index contributed by atoms with van der Waals surface area (Å²) in [6.45, 7) is 4.77. The van der Waals surface area contributed by atoms with Gasteiger partial charge in [-0.3, -0.25) is 0 Å². The van der Waals surface area contributed by atoms with Crippen LogP contribution in [0.3, 0.4) is 0 Å². The van der Waals surface area contributed by atoms with Crippen molar-refractivity contribution in [3.8, 4) is 33.4 Å². The van der Waals surface area contributed by atoms with Gasteiger partial charge in [0.25, 0.3) is 0 Å². The zero-order chi connectivity index (χ0) is 31.3. The first-order valence-electron chi connectivity index (χ1n) is 16.6. The van der Waals surface area contributed by atoms with Crippen molar-refractivity contribution in [2.75, 3.05) is 0 Å². The van der Waals surface area contributed by atoms with Crippen molar-refractivity contribution in [1.29, 1.82) is 0 Å². The molecule has 1 aliphatic rings. The Hall–Kier alpha value is -5.72. The second-order valence-electron chi connectivity index (χ2n) is 13.7. The Morgan fingerprint density at radius 2 is 0.894 bits per heavy atom. The summed E-state index contributed by atoms with van der Waals surface area (Å²) in [4.78, 5) is 0. The molecule has 47 heavy (non-hydrogen) atoms. The van der Waals surface area contributed by atoms with E-state index in [1.54, 1.807) is 0 Å². The average Bonchev–Trinajstić information content (AvgIpc) is 3.35. The molecule has 0 N–H and O–H groups in total. The summed E-state index contributed by atoms with van der Waals surface area (Å²) in [6, 6.07) is 58.9. The van der Waals surface area contributed by atoms with E-state index in [1.165, 1.54) is 98.4 Å². The molecule has 9 aromatic carbocycles. The van der Waals surface area contributed by atoms with Crippen molar-refractivity contribution >= 4 is 53.9 Å².